The molecule has 0 bridgehead atoms. The van der Waals surface area contributed by atoms with Crippen molar-refractivity contribution in [3.63, 3.8) is 0 Å². The summed E-state index contributed by atoms with van der Waals surface area (Å²) in [6.45, 7) is 12.4. The Balaban J connectivity index is 2.20. The smallest absolute Gasteiger partial charge is 0.243 e. The van der Waals surface area contributed by atoms with Crippen molar-refractivity contribution >= 4 is 0 Å². The fourth-order valence-electron chi connectivity index (χ4n) is 3.18. The summed E-state index contributed by atoms with van der Waals surface area (Å²) < 4.78 is 6.92. The lowest BCUT2D eigenvalue weighted by Gasteiger charge is -2.26. The normalized spacial score (nSPS) is 14.7. The molecular weight excluding hydrogens is 272 g/mol. The summed E-state index contributed by atoms with van der Waals surface area (Å²) in [4.78, 5) is 4.24. The molecule has 4 heteroatoms. The van der Waals surface area contributed by atoms with E-state index in [-0.39, 0.29) is 0 Å². The van der Waals surface area contributed by atoms with Crippen molar-refractivity contribution in [3.05, 3.63) is 37.4 Å². The summed E-state index contributed by atoms with van der Waals surface area (Å²) in [6.07, 6.45) is 14.9. The molecule has 0 aromatic carbocycles. The molecule has 0 amide bonds. The second-order valence-corrected chi connectivity index (χ2v) is 7.03. The predicted molar refractivity (Wildman–Crippen MR) is 89.5 cm³/mol. The van der Waals surface area contributed by atoms with Gasteiger partial charge in [-0.2, -0.15) is 0 Å². The van der Waals surface area contributed by atoms with Gasteiger partial charge in [0.05, 0.1) is 12.9 Å². The van der Waals surface area contributed by atoms with E-state index in [0.717, 1.165) is 13.0 Å². The molecule has 4 nitrogen and oxygen atoms in total. The SMILES string of the molecule is CC[n+]1ccn(C(CC(C)C)CC(C(C)C)n2ccnc2)c1. The third kappa shape index (κ3) is 4.21. The summed E-state index contributed by atoms with van der Waals surface area (Å²) in [5.41, 5.74) is 0. The van der Waals surface area contributed by atoms with Gasteiger partial charge in [0, 0.05) is 24.9 Å². The van der Waals surface area contributed by atoms with Crippen LogP contribution in [0.25, 0.3) is 0 Å². The molecule has 2 unspecified atom stereocenters. The molecule has 0 spiro atoms. The van der Waals surface area contributed by atoms with Gasteiger partial charge in [-0.05, 0) is 25.2 Å². The van der Waals surface area contributed by atoms with Gasteiger partial charge in [-0.25, -0.2) is 14.1 Å². The van der Waals surface area contributed by atoms with E-state index in [1.807, 2.05) is 12.5 Å². The van der Waals surface area contributed by atoms with E-state index in [9.17, 15) is 0 Å². The average molecular weight is 303 g/mol. The number of hydrogen-bond donors (Lipinski definition) is 0. The molecule has 0 aliphatic heterocycles. The number of nitrogens with zero attached hydrogens (tertiary/aromatic N) is 4. The van der Waals surface area contributed by atoms with Gasteiger partial charge in [0.15, 0.2) is 0 Å². The quantitative estimate of drug-likeness (QED) is 0.680. The van der Waals surface area contributed by atoms with Crippen LogP contribution in [0.4, 0.5) is 0 Å². The Morgan fingerprint density at radius 2 is 1.82 bits per heavy atom. The molecule has 0 saturated carbocycles. The highest BCUT2D eigenvalue weighted by atomic mass is 15.1. The molecule has 122 valence electrons. The van der Waals surface area contributed by atoms with Gasteiger partial charge in [0.2, 0.25) is 6.33 Å². The van der Waals surface area contributed by atoms with E-state index >= 15 is 0 Å². The van der Waals surface area contributed by atoms with E-state index in [1.54, 1.807) is 0 Å². The summed E-state index contributed by atoms with van der Waals surface area (Å²) in [6, 6.07) is 1.02. The van der Waals surface area contributed by atoms with Crippen molar-refractivity contribution in [1.82, 2.24) is 14.1 Å². The highest BCUT2D eigenvalue weighted by molar-refractivity contribution is 4.86. The van der Waals surface area contributed by atoms with Gasteiger partial charge < -0.3 is 4.57 Å². The Bertz CT molecular complexity index is 539. The molecule has 2 aromatic heterocycles. The fraction of sp³-hybridized carbons (Fsp3) is 0.667. The van der Waals surface area contributed by atoms with Gasteiger partial charge in [-0.3, -0.25) is 0 Å². The van der Waals surface area contributed by atoms with Crippen LogP contribution >= 0.6 is 0 Å². The number of aryl methyl sites for hydroxylation is 1. The second-order valence-electron chi connectivity index (χ2n) is 7.03. The molecule has 0 aliphatic carbocycles. The van der Waals surface area contributed by atoms with Crippen LogP contribution in [0.15, 0.2) is 37.4 Å². The maximum absolute atomic E-state index is 4.24. The van der Waals surface area contributed by atoms with E-state index in [1.165, 1.54) is 6.42 Å². The van der Waals surface area contributed by atoms with Crippen LogP contribution in [0.2, 0.25) is 0 Å². The standard InChI is InChI=1S/C18H31N4/c1-6-20-9-10-22(14-20)17(11-15(2)3)12-18(16(4)5)21-8-7-19-13-21/h7-10,13-18H,6,11-12H2,1-5H3/q+1. The van der Waals surface area contributed by atoms with Crippen LogP contribution in [0.5, 0.6) is 0 Å². The molecule has 0 saturated heterocycles. The minimum absolute atomic E-state index is 0.490. The minimum Gasteiger partial charge on any atom is -0.334 e. The number of rotatable bonds is 8. The van der Waals surface area contributed by atoms with Crippen LogP contribution in [0.1, 0.15) is 59.5 Å². The first-order valence-electron chi connectivity index (χ1n) is 8.55. The first kappa shape index (κ1) is 16.8. The predicted octanol–water partition coefficient (Wildman–Crippen LogP) is 3.87. The van der Waals surface area contributed by atoms with Crippen molar-refractivity contribution in [2.75, 3.05) is 0 Å². The largest absolute Gasteiger partial charge is 0.334 e. The Kier molecular flexibility index (Phi) is 5.81. The van der Waals surface area contributed by atoms with Crippen molar-refractivity contribution in [2.45, 2.75) is 66.1 Å². The monoisotopic (exact) mass is 303 g/mol. The fourth-order valence-corrected chi connectivity index (χ4v) is 3.18. The van der Waals surface area contributed by atoms with Gasteiger partial charge in [0.25, 0.3) is 0 Å². The summed E-state index contributed by atoms with van der Waals surface area (Å²) in [5, 5.41) is 0. The van der Waals surface area contributed by atoms with Gasteiger partial charge in [-0.1, -0.05) is 27.7 Å². The lowest BCUT2D eigenvalue weighted by Crippen LogP contribution is -2.29. The summed E-state index contributed by atoms with van der Waals surface area (Å²) >= 11 is 0. The van der Waals surface area contributed by atoms with Crippen molar-refractivity contribution in [2.24, 2.45) is 11.8 Å². The topological polar surface area (TPSA) is 26.6 Å². The molecular formula is C18H31N4+. The zero-order valence-electron chi connectivity index (χ0n) is 14.7. The maximum Gasteiger partial charge on any atom is 0.243 e. The zero-order chi connectivity index (χ0) is 16.1. The van der Waals surface area contributed by atoms with Crippen molar-refractivity contribution < 1.29 is 4.57 Å². The Morgan fingerprint density at radius 1 is 1.05 bits per heavy atom. The first-order chi connectivity index (χ1) is 10.5. The lowest BCUT2D eigenvalue weighted by molar-refractivity contribution is -0.693. The molecule has 0 radical (unpaired) electrons. The molecule has 2 aromatic rings. The van der Waals surface area contributed by atoms with Gasteiger partial charge in [0.1, 0.15) is 18.4 Å². The third-order valence-corrected chi connectivity index (χ3v) is 4.43. The van der Waals surface area contributed by atoms with Crippen LogP contribution in [0.3, 0.4) is 0 Å². The van der Waals surface area contributed by atoms with Gasteiger partial charge in [-0.15, -0.1) is 0 Å². The number of aromatic nitrogens is 4. The van der Waals surface area contributed by atoms with E-state index in [0.29, 0.717) is 23.9 Å². The molecule has 0 fully saturated rings. The Labute approximate surface area is 134 Å². The van der Waals surface area contributed by atoms with Crippen LogP contribution in [-0.2, 0) is 6.54 Å². The number of hydrogen-bond acceptors (Lipinski definition) is 1. The highest BCUT2D eigenvalue weighted by Gasteiger charge is 2.25. The van der Waals surface area contributed by atoms with Crippen LogP contribution < -0.4 is 4.57 Å². The van der Waals surface area contributed by atoms with Crippen molar-refractivity contribution in [3.8, 4) is 0 Å². The Morgan fingerprint density at radius 3 is 2.32 bits per heavy atom. The zero-order valence-corrected chi connectivity index (χ0v) is 14.7. The molecule has 0 N–H and O–H groups in total. The molecule has 22 heavy (non-hydrogen) atoms. The summed E-state index contributed by atoms with van der Waals surface area (Å²) in [5.74, 6) is 1.29. The molecule has 2 atom stereocenters. The van der Waals surface area contributed by atoms with E-state index in [2.05, 4.69) is 78.2 Å². The first-order valence-corrected chi connectivity index (χ1v) is 8.55. The van der Waals surface area contributed by atoms with Crippen LogP contribution in [0, 0.1) is 11.8 Å². The third-order valence-electron chi connectivity index (χ3n) is 4.43. The van der Waals surface area contributed by atoms with E-state index in [4.69, 9.17) is 0 Å². The van der Waals surface area contributed by atoms with Gasteiger partial charge >= 0.3 is 0 Å². The number of imidazole rings is 2. The average Bonchev–Trinajstić information content (AvgIpc) is 3.13. The Hall–Kier alpha value is -1.58. The minimum atomic E-state index is 0.490. The van der Waals surface area contributed by atoms with Crippen LogP contribution in [-0.4, -0.2) is 14.1 Å². The molecule has 2 rings (SSSR count). The lowest BCUT2D eigenvalue weighted by atomic mass is 9.92. The molecule has 0 aliphatic rings. The van der Waals surface area contributed by atoms with E-state index < -0.39 is 0 Å². The summed E-state index contributed by atoms with van der Waals surface area (Å²) in [7, 11) is 0. The molecule has 2 heterocycles. The second kappa shape index (κ2) is 7.61. The maximum atomic E-state index is 4.24. The van der Waals surface area contributed by atoms with Crippen molar-refractivity contribution in [1.29, 1.82) is 0 Å². The highest BCUT2D eigenvalue weighted by Crippen LogP contribution is 2.31.